The molecular formula is C21H28N4O2. The molecule has 144 valence electrons. The van der Waals surface area contributed by atoms with Gasteiger partial charge in [0.15, 0.2) is 0 Å². The van der Waals surface area contributed by atoms with Gasteiger partial charge in [0.05, 0.1) is 5.69 Å². The van der Waals surface area contributed by atoms with Gasteiger partial charge in [-0.2, -0.15) is 5.10 Å². The quantitative estimate of drug-likeness (QED) is 0.887. The Morgan fingerprint density at radius 1 is 1.19 bits per heavy atom. The highest BCUT2D eigenvalue weighted by Gasteiger charge is 2.28. The third-order valence-corrected chi connectivity index (χ3v) is 5.73. The normalized spacial score (nSPS) is 23.2. The Morgan fingerprint density at radius 3 is 2.78 bits per heavy atom. The van der Waals surface area contributed by atoms with E-state index in [9.17, 15) is 4.79 Å². The molecule has 0 aliphatic carbocycles. The van der Waals surface area contributed by atoms with Gasteiger partial charge in [0.25, 0.3) is 0 Å². The Hall–Kier alpha value is -2.34. The van der Waals surface area contributed by atoms with Crippen LogP contribution in [0.25, 0.3) is 0 Å². The molecule has 0 spiro atoms. The van der Waals surface area contributed by atoms with Gasteiger partial charge in [0, 0.05) is 39.0 Å². The Labute approximate surface area is 160 Å². The summed E-state index contributed by atoms with van der Waals surface area (Å²) < 4.78 is 7.76. The zero-order chi connectivity index (χ0) is 18.6. The maximum Gasteiger partial charge on any atom is 0.317 e. The topological polar surface area (TPSA) is 59.4 Å². The molecule has 1 fully saturated rings. The number of amides is 2. The van der Waals surface area contributed by atoms with Gasteiger partial charge in [0.2, 0.25) is 0 Å². The molecule has 0 saturated carbocycles. The maximum absolute atomic E-state index is 12.9. The van der Waals surface area contributed by atoms with Crippen LogP contribution in [-0.4, -0.2) is 46.4 Å². The SMILES string of the molecule is Cn1nccc1C1CC(NC(=O)N2CCCc3ccccc3CC2)CCO1. The first-order valence-corrected chi connectivity index (χ1v) is 9.92. The lowest BCUT2D eigenvalue weighted by atomic mass is 9.98. The molecule has 2 atom stereocenters. The summed E-state index contributed by atoms with van der Waals surface area (Å²) in [5, 5.41) is 7.48. The highest BCUT2D eigenvalue weighted by molar-refractivity contribution is 5.74. The van der Waals surface area contributed by atoms with E-state index in [1.807, 2.05) is 22.7 Å². The predicted molar refractivity (Wildman–Crippen MR) is 103 cm³/mol. The van der Waals surface area contributed by atoms with Crippen LogP contribution in [0.1, 0.15) is 42.2 Å². The number of aryl methyl sites for hydroxylation is 2. The zero-order valence-corrected chi connectivity index (χ0v) is 15.9. The average molecular weight is 368 g/mol. The summed E-state index contributed by atoms with van der Waals surface area (Å²) in [6, 6.07) is 10.8. The Kier molecular flexibility index (Phi) is 5.43. The summed E-state index contributed by atoms with van der Waals surface area (Å²) >= 11 is 0. The number of rotatable bonds is 2. The van der Waals surface area contributed by atoms with Crippen molar-refractivity contribution < 1.29 is 9.53 Å². The summed E-state index contributed by atoms with van der Waals surface area (Å²) in [5.74, 6) is 0. The number of urea groups is 1. The minimum Gasteiger partial charge on any atom is -0.372 e. The van der Waals surface area contributed by atoms with Crippen molar-refractivity contribution in [2.75, 3.05) is 19.7 Å². The van der Waals surface area contributed by atoms with E-state index < -0.39 is 0 Å². The molecule has 0 radical (unpaired) electrons. The molecule has 2 aliphatic heterocycles. The smallest absolute Gasteiger partial charge is 0.317 e. The fourth-order valence-electron chi connectivity index (χ4n) is 4.18. The molecule has 4 rings (SSSR count). The number of aromatic nitrogens is 2. The Bertz CT molecular complexity index is 788. The van der Waals surface area contributed by atoms with E-state index in [1.165, 1.54) is 11.1 Å². The van der Waals surface area contributed by atoms with E-state index in [0.29, 0.717) is 6.61 Å². The second-order valence-corrected chi connectivity index (χ2v) is 7.52. The summed E-state index contributed by atoms with van der Waals surface area (Å²) in [7, 11) is 1.93. The van der Waals surface area contributed by atoms with Crippen molar-refractivity contribution >= 4 is 6.03 Å². The van der Waals surface area contributed by atoms with Gasteiger partial charge < -0.3 is 15.0 Å². The van der Waals surface area contributed by atoms with E-state index >= 15 is 0 Å². The first-order valence-electron chi connectivity index (χ1n) is 9.92. The van der Waals surface area contributed by atoms with Crippen molar-refractivity contribution in [3.63, 3.8) is 0 Å². The van der Waals surface area contributed by atoms with Gasteiger partial charge in [-0.15, -0.1) is 0 Å². The van der Waals surface area contributed by atoms with Gasteiger partial charge in [0.1, 0.15) is 6.10 Å². The van der Waals surface area contributed by atoms with E-state index in [-0.39, 0.29) is 18.2 Å². The summed E-state index contributed by atoms with van der Waals surface area (Å²) in [5.41, 5.74) is 3.87. The maximum atomic E-state index is 12.9. The first kappa shape index (κ1) is 18.0. The molecule has 1 saturated heterocycles. The zero-order valence-electron chi connectivity index (χ0n) is 15.9. The molecular weight excluding hydrogens is 340 g/mol. The van der Waals surface area contributed by atoms with Crippen LogP contribution in [0.2, 0.25) is 0 Å². The van der Waals surface area contributed by atoms with Gasteiger partial charge >= 0.3 is 6.03 Å². The Balaban J connectivity index is 1.35. The summed E-state index contributed by atoms with van der Waals surface area (Å²) in [4.78, 5) is 14.8. The lowest BCUT2D eigenvalue weighted by Gasteiger charge is -2.33. The largest absolute Gasteiger partial charge is 0.372 e. The van der Waals surface area contributed by atoms with Crippen molar-refractivity contribution in [3.05, 3.63) is 53.3 Å². The molecule has 1 N–H and O–H groups in total. The number of nitrogens with zero attached hydrogens (tertiary/aromatic N) is 3. The lowest BCUT2D eigenvalue weighted by molar-refractivity contribution is -0.00305. The molecule has 1 aromatic heterocycles. The van der Waals surface area contributed by atoms with Gasteiger partial charge in [-0.1, -0.05) is 24.3 Å². The molecule has 6 nitrogen and oxygen atoms in total. The number of carbonyl (C=O) groups excluding carboxylic acids is 1. The standard InChI is InChI=1S/C21H28N4O2/c1-24-19(8-11-22-24)20-15-18(10-14-27-20)23-21(26)25-12-4-7-16-5-2-3-6-17(16)9-13-25/h2-3,5-6,8,11,18,20H,4,7,9-10,12-15H2,1H3,(H,23,26). The van der Waals surface area contributed by atoms with Crippen molar-refractivity contribution in [1.82, 2.24) is 20.0 Å². The van der Waals surface area contributed by atoms with Crippen LogP contribution in [0.15, 0.2) is 36.5 Å². The monoisotopic (exact) mass is 368 g/mol. The molecule has 27 heavy (non-hydrogen) atoms. The number of carbonyl (C=O) groups is 1. The molecule has 6 heteroatoms. The molecule has 2 unspecified atom stereocenters. The second kappa shape index (κ2) is 8.13. The van der Waals surface area contributed by atoms with Crippen LogP contribution in [0, 0.1) is 0 Å². The number of ether oxygens (including phenoxy) is 1. The fraction of sp³-hybridized carbons (Fsp3) is 0.524. The molecule has 0 bridgehead atoms. The average Bonchev–Trinajstić information content (AvgIpc) is 3.08. The van der Waals surface area contributed by atoms with E-state index in [0.717, 1.165) is 50.9 Å². The van der Waals surface area contributed by atoms with Crippen LogP contribution < -0.4 is 5.32 Å². The van der Waals surface area contributed by atoms with E-state index in [2.05, 4.69) is 34.7 Å². The predicted octanol–water partition coefficient (Wildman–Crippen LogP) is 2.84. The van der Waals surface area contributed by atoms with Crippen LogP contribution in [0.3, 0.4) is 0 Å². The minimum atomic E-state index is -0.00393. The molecule has 2 aromatic rings. The third kappa shape index (κ3) is 4.16. The number of nitrogens with one attached hydrogen (secondary N) is 1. The van der Waals surface area contributed by atoms with Gasteiger partial charge in [-0.25, -0.2) is 4.79 Å². The van der Waals surface area contributed by atoms with Crippen LogP contribution >= 0.6 is 0 Å². The van der Waals surface area contributed by atoms with Crippen molar-refractivity contribution in [1.29, 1.82) is 0 Å². The minimum absolute atomic E-state index is 0.00393. The Morgan fingerprint density at radius 2 is 2.00 bits per heavy atom. The van der Waals surface area contributed by atoms with Gasteiger partial charge in [-0.3, -0.25) is 4.68 Å². The van der Waals surface area contributed by atoms with Crippen molar-refractivity contribution in [2.45, 2.75) is 44.2 Å². The lowest BCUT2D eigenvalue weighted by Crippen LogP contribution is -2.48. The highest BCUT2D eigenvalue weighted by Crippen LogP contribution is 2.27. The molecule has 2 amide bonds. The summed E-state index contributed by atoms with van der Waals surface area (Å²) in [6.07, 6.45) is 6.42. The highest BCUT2D eigenvalue weighted by atomic mass is 16.5. The van der Waals surface area contributed by atoms with Crippen molar-refractivity contribution in [3.8, 4) is 0 Å². The van der Waals surface area contributed by atoms with Gasteiger partial charge in [-0.05, 0) is 49.3 Å². The second-order valence-electron chi connectivity index (χ2n) is 7.52. The van der Waals surface area contributed by atoms with Crippen LogP contribution in [-0.2, 0) is 24.6 Å². The molecule has 3 heterocycles. The number of hydrogen-bond acceptors (Lipinski definition) is 3. The van der Waals surface area contributed by atoms with Crippen LogP contribution in [0.4, 0.5) is 4.79 Å². The van der Waals surface area contributed by atoms with Crippen LogP contribution in [0.5, 0.6) is 0 Å². The van der Waals surface area contributed by atoms with Crippen molar-refractivity contribution in [2.24, 2.45) is 7.05 Å². The number of hydrogen-bond donors (Lipinski definition) is 1. The first-order chi connectivity index (χ1) is 13.2. The molecule has 1 aromatic carbocycles. The third-order valence-electron chi connectivity index (χ3n) is 5.73. The summed E-state index contributed by atoms with van der Waals surface area (Å²) in [6.45, 7) is 2.25. The fourth-order valence-corrected chi connectivity index (χ4v) is 4.18. The number of benzene rings is 1. The van der Waals surface area contributed by atoms with E-state index in [1.54, 1.807) is 6.20 Å². The molecule has 2 aliphatic rings. The number of fused-ring (bicyclic) bond motifs is 1. The van der Waals surface area contributed by atoms with E-state index in [4.69, 9.17) is 4.74 Å².